The number of rotatable bonds is 4. The van der Waals surface area contributed by atoms with Crippen molar-refractivity contribution in [2.45, 2.75) is 6.42 Å². The zero-order chi connectivity index (χ0) is 18.1. The van der Waals surface area contributed by atoms with Gasteiger partial charge < -0.3 is 0 Å². The number of aromatic nitrogens is 3. The number of H-pyrrole nitrogens is 1. The number of nitrogens with one attached hydrogen (secondary N) is 2. The second-order valence-corrected chi connectivity index (χ2v) is 6.73. The Morgan fingerprint density at radius 2 is 2.04 bits per heavy atom. The molecule has 0 radical (unpaired) electrons. The van der Waals surface area contributed by atoms with E-state index in [1.807, 2.05) is 18.2 Å². The highest BCUT2D eigenvalue weighted by atomic mass is 32.1. The summed E-state index contributed by atoms with van der Waals surface area (Å²) >= 11 is 1.23. The number of amides is 1. The highest BCUT2D eigenvalue weighted by molar-refractivity contribution is 7.15. The van der Waals surface area contributed by atoms with E-state index in [2.05, 4.69) is 20.5 Å². The van der Waals surface area contributed by atoms with Crippen LogP contribution in [0.25, 0.3) is 10.9 Å². The van der Waals surface area contributed by atoms with E-state index in [0.717, 1.165) is 21.8 Å². The van der Waals surface area contributed by atoms with Crippen LogP contribution in [0.4, 0.5) is 13.9 Å². The number of nitrogens with zero attached hydrogens (tertiary/aromatic N) is 2. The number of thiazole rings is 1. The van der Waals surface area contributed by atoms with Crippen LogP contribution in [0.3, 0.4) is 0 Å². The Bertz CT molecular complexity index is 1110. The Kier molecular flexibility index (Phi) is 4.18. The zero-order valence-corrected chi connectivity index (χ0v) is 14.1. The van der Waals surface area contributed by atoms with Crippen molar-refractivity contribution < 1.29 is 13.6 Å². The van der Waals surface area contributed by atoms with Gasteiger partial charge in [-0.3, -0.25) is 15.2 Å². The van der Waals surface area contributed by atoms with Crippen LogP contribution in [0.15, 0.2) is 48.7 Å². The van der Waals surface area contributed by atoms with Crippen molar-refractivity contribution in [3.05, 3.63) is 76.4 Å². The van der Waals surface area contributed by atoms with Crippen LogP contribution < -0.4 is 5.32 Å². The number of fused-ring (bicyclic) bond motifs is 1. The monoisotopic (exact) mass is 370 g/mol. The molecule has 8 heteroatoms. The van der Waals surface area contributed by atoms with Crippen LogP contribution >= 0.6 is 11.3 Å². The van der Waals surface area contributed by atoms with Crippen LogP contribution in [-0.2, 0) is 6.42 Å². The number of aromatic amines is 1. The van der Waals surface area contributed by atoms with Gasteiger partial charge in [-0.1, -0.05) is 24.3 Å². The summed E-state index contributed by atoms with van der Waals surface area (Å²) in [7, 11) is 0. The van der Waals surface area contributed by atoms with Gasteiger partial charge in [-0.05, 0) is 17.7 Å². The van der Waals surface area contributed by atoms with Crippen molar-refractivity contribution in [3.63, 3.8) is 0 Å². The smallest absolute Gasteiger partial charge is 0.278 e. The van der Waals surface area contributed by atoms with Crippen LogP contribution in [0, 0.1) is 11.6 Å². The number of hydrogen-bond acceptors (Lipinski definition) is 4. The minimum Gasteiger partial charge on any atom is -0.296 e. The molecule has 4 aromatic rings. The first kappa shape index (κ1) is 16.3. The summed E-state index contributed by atoms with van der Waals surface area (Å²) in [6, 6.07) is 10.8. The number of hydrogen-bond donors (Lipinski definition) is 2. The molecular formula is C18H12F2N4OS. The standard InChI is InChI=1S/C18H12F2N4OS/c19-11-6-5-10(14(20)8-11)7-12-9-21-18(26-12)22-17(25)16-13-3-1-2-4-15(13)23-24-16/h1-6,8-9H,7H2,(H,23,24)(H,21,22,25). The lowest BCUT2D eigenvalue weighted by Gasteiger charge is -2.01. The fraction of sp³-hybridized carbons (Fsp3) is 0.0556. The topological polar surface area (TPSA) is 70.7 Å². The maximum Gasteiger partial charge on any atom is 0.278 e. The van der Waals surface area contributed by atoms with Gasteiger partial charge in [0.25, 0.3) is 5.91 Å². The maximum absolute atomic E-state index is 13.7. The minimum absolute atomic E-state index is 0.269. The number of anilines is 1. The van der Waals surface area contributed by atoms with Gasteiger partial charge in [-0.2, -0.15) is 5.10 Å². The van der Waals surface area contributed by atoms with E-state index in [9.17, 15) is 13.6 Å². The third-order valence-electron chi connectivity index (χ3n) is 3.84. The van der Waals surface area contributed by atoms with E-state index in [0.29, 0.717) is 10.7 Å². The van der Waals surface area contributed by atoms with Gasteiger partial charge >= 0.3 is 0 Å². The first-order chi connectivity index (χ1) is 12.6. The van der Waals surface area contributed by atoms with E-state index in [-0.39, 0.29) is 18.0 Å². The molecule has 2 aromatic carbocycles. The predicted molar refractivity (Wildman–Crippen MR) is 95.3 cm³/mol. The number of para-hydroxylation sites is 1. The van der Waals surface area contributed by atoms with Gasteiger partial charge in [-0.25, -0.2) is 13.8 Å². The lowest BCUT2D eigenvalue weighted by Crippen LogP contribution is -2.12. The van der Waals surface area contributed by atoms with Gasteiger partial charge in [0, 0.05) is 28.9 Å². The number of benzene rings is 2. The lowest BCUT2D eigenvalue weighted by molar-refractivity contribution is 0.102. The first-order valence-electron chi connectivity index (χ1n) is 7.73. The van der Waals surface area contributed by atoms with E-state index in [1.165, 1.54) is 23.5 Å². The first-order valence-corrected chi connectivity index (χ1v) is 8.55. The van der Waals surface area contributed by atoms with Crippen molar-refractivity contribution in [1.82, 2.24) is 15.2 Å². The molecule has 0 bridgehead atoms. The third kappa shape index (κ3) is 3.18. The molecule has 0 saturated heterocycles. The summed E-state index contributed by atoms with van der Waals surface area (Å²) in [4.78, 5) is 17.3. The molecule has 2 N–H and O–H groups in total. The molecule has 1 amide bonds. The fourth-order valence-corrected chi connectivity index (χ4v) is 3.42. The van der Waals surface area contributed by atoms with Gasteiger partial charge in [0.05, 0.1) is 5.52 Å². The third-order valence-corrected chi connectivity index (χ3v) is 4.75. The number of carbonyl (C=O) groups is 1. The summed E-state index contributed by atoms with van der Waals surface area (Å²) in [6.07, 6.45) is 1.83. The molecule has 130 valence electrons. The predicted octanol–water partition coefficient (Wildman–Crippen LogP) is 4.14. The fourth-order valence-electron chi connectivity index (χ4n) is 2.59. The molecule has 0 spiro atoms. The SMILES string of the molecule is O=C(Nc1ncc(Cc2ccc(F)cc2F)s1)c1n[nH]c2ccccc12. The Hall–Kier alpha value is -3.13. The molecule has 0 aliphatic heterocycles. The molecule has 2 aromatic heterocycles. The molecule has 0 unspecified atom stereocenters. The van der Waals surface area contributed by atoms with Crippen LogP contribution in [0.1, 0.15) is 20.9 Å². The van der Waals surface area contributed by atoms with Crippen LogP contribution in [-0.4, -0.2) is 21.1 Å². The quantitative estimate of drug-likeness (QED) is 0.567. The van der Waals surface area contributed by atoms with Crippen molar-refractivity contribution in [1.29, 1.82) is 0 Å². The molecule has 0 aliphatic carbocycles. The van der Waals surface area contributed by atoms with Crippen LogP contribution in [0.2, 0.25) is 0 Å². The molecule has 0 aliphatic rings. The maximum atomic E-state index is 13.7. The summed E-state index contributed by atoms with van der Waals surface area (Å²) in [5.74, 6) is -1.60. The molecule has 2 heterocycles. The zero-order valence-electron chi connectivity index (χ0n) is 13.3. The van der Waals surface area contributed by atoms with Crippen LogP contribution in [0.5, 0.6) is 0 Å². The van der Waals surface area contributed by atoms with Gasteiger partial charge in [0.1, 0.15) is 11.6 Å². The van der Waals surface area contributed by atoms with Crippen molar-refractivity contribution in [3.8, 4) is 0 Å². The van der Waals surface area contributed by atoms with E-state index in [4.69, 9.17) is 0 Å². The summed E-state index contributed by atoms with van der Waals surface area (Å²) in [6.45, 7) is 0. The van der Waals surface area contributed by atoms with E-state index >= 15 is 0 Å². The Morgan fingerprint density at radius 1 is 1.19 bits per heavy atom. The van der Waals surface area contributed by atoms with Gasteiger partial charge in [0.2, 0.25) is 0 Å². The normalized spacial score (nSPS) is 11.0. The van der Waals surface area contributed by atoms with E-state index < -0.39 is 11.6 Å². The van der Waals surface area contributed by atoms with Crippen molar-refractivity contribution >= 4 is 33.3 Å². The van der Waals surface area contributed by atoms with Crippen molar-refractivity contribution in [2.75, 3.05) is 5.32 Å². The summed E-state index contributed by atoms with van der Waals surface area (Å²) < 4.78 is 26.7. The molecule has 26 heavy (non-hydrogen) atoms. The van der Waals surface area contributed by atoms with Gasteiger partial charge in [0.15, 0.2) is 10.8 Å². The number of carbonyl (C=O) groups excluding carboxylic acids is 1. The minimum atomic E-state index is -0.616. The lowest BCUT2D eigenvalue weighted by atomic mass is 10.1. The Labute approximate surface area is 150 Å². The summed E-state index contributed by atoms with van der Waals surface area (Å²) in [5, 5.41) is 10.6. The molecular weight excluding hydrogens is 358 g/mol. The molecule has 4 rings (SSSR count). The largest absolute Gasteiger partial charge is 0.296 e. The average Bonchev–Trinajstić information content (AvgIpc) is 3.24. The highest BCUT2D eigenvalue weighted by Gasteiger charge is 2.16. The highest BCUT2D eigenvalue weighted by Crippen LogP contribution is 2.24. The number of halogens is 2. The van der Waals surface area contributed by atoms with E-state index in [1.54, 1.807) is 12.3 Å². The van der Waals surface area contributed by atoms with Crippen molar-refractivity contribution in [2.24, 2.45) is 0 Å². The Balaban J connectivity index is 1.50. The molecule has 5 nitrogen and oxygen atoms in total. The average molecular weight is 370 g/mol. The van der Waals surface area contributed by atoms with Gasteiger partial charge in [-0.15, -0.1) is 11.3 Å². The molecule has 0 fully saturated rings. The summed E-state index contributed by atoms with van der Waals surface area (Å²) in [5.41, 5.74) is 1.41. The molecule has 0 saturated carbocycles. The Morgan fingerprint density at radius 3 is 2.88 bits per heavy atom. The second kappa shape index (κ2) is 6.64. The second-order valence-electron chi connectivity index (χ2n) is 5.62. The molecule has 0 atom stereocenters.